The molecule has 0 aliphatic carbocycles. The summed E-state index contributed by atoms with van der Waals surface area (Å²) in [4.78, 5) is 0. The number of hydrogen-bond acceptors (Lipinski definition) is 2. The molecule has 0 saturated carbocycles. The molecule has 0 bridgehead atoms. The Morgan fingerprint density at radius 2 is 2.38 bits per heavy atom. The molecule has 2 atom stereocenters. The molecule has 0 N–H and O–H groups in total. The van der Waals surface area contributed by atoms with E-state index in [4.69, 9.17) is 20.3 Å². The van der Waals surface area contributed by atoms with E-state index in [1.165, 1.54) is 12.1 Å². The van der Waals surface area contributed by atoms with Gasteiger partial charge in [-0.25, -0.2) is 4.39 Å². The minimum Gasteiger partial charge on any atom is -0.319 e. The summed E-state index contributed by atoms with van der Waals surface area (Å²) in [5.41, 5.74) is 0.769. The van der Waals surface area contributed by atoms with Crippen molar-refractivity contribution in [1.29, 1.82) is 0 Å². The number of rotatable bonds is 1. The highest BCUT2D eigenvalue weighted by Crippen LogP contribution is 2.54. The lowest BCUT2D eigenvalue weighted by molar-refractivity contribution is 0.246. The van der Waals surface area contributed by atoms with Gasteiger partial charge in [0.1, 0.15) is 11.9 Å². The Hall–Kier alpha value is -0.210. The molecule has 13 heavy (non-hydrogen) atoms. The normalized spacial score (nSPS) is 27.8. The van der Waals surface area contributed by atoms with Gasteiger partial charge in [0.15, 0.2) is 0 Å². The van der Waals surface area contributed by atoms with Crippen molar-refractivity contribution in [2.24, 2.45) is 0 Å². The summed E-state index contributed by atoms with van der Waals surface area (Å²) in [6, 6.07) is 6.26. The summed E-state index contributed by atoms with van der Waals surface area (Å²) in [7, 11) is -1.29. The quantitative estimate of drug-likeness (QED) is 0.676. The van der Waals surface area contributed by atoms with E-state index in [2.05, 4.69) is 0 Å². The SMILES string of the molecule is Fc1cccc(C2COP(Cl)O2)c1. The zero-order valence-corrected chi connectivity index (χ0v) is 8.26. The van der Waals surface area contributed by atoms with Gasteiger partial charge >= 0.3 is 0 Å². The summed E-state index contributed by atoms with van der Waals surface area (Å²) in [6.45, 7) is 0.401. The molecule has 1 heterocycles. The Labute approximate surface area is 81.3 Å². The zero-order chi connectivity index (χ0) is 9.26. The van der Waals surface area contributed by atoms with E-state index in [-0.39, 0.29) is 11.9 Å². The van der Waals surface area contributed by atoms with Gasteiger partial charge in [-0.2, -0.15) is 0 Å². The van der Waals surface area contributed by atoms with E-state index >= 15 is 0 Å². The van der Waals surface area contributed by atoms with Crippen molar-refractivity contribution in [3.05, 3.63) is 35.6 Å². The van der Waals surface area contributed by atoms with Crippen LogP contribution in [0.1, 0.15) is 11.7 Å². The van der Waals surface area contributed by atoms with E-state index in [0.29, 0.717) is 6.61 Å². The van der Waals surface area contributed by atoms with Crippen LogP contribution in [0.25, 0.3) is 0 Å². The summed E-state index contributed by atoms with van der Waals surface area (Å²) in [5, 5.41) is 0. The molecule has 0 amide bonds. The van der Waals surface area contributed by atoms with Crippen molar-refractivity contribution in [3.8, 4) is 0 Å². The maximum atomic E-state index is 12.8. The van der Waals surface area contributed by atoms with E-state index in [0.717, 1.165) is 5.56 Å². The molecule has 5 heteroatoms. The van der Waals surface area contributed by atoms with Crippen molar-refractivity contribution in [1.82, 2.24) is 0 Å². The first-order chi connectivity index (χ1) is 6.25. The Bertz CT molecular complexity index is 310. The van der Waals surface area contributed by atoms with Crippen molar-refractivity contribution >= 4 is 19.0 Å². The van der Waals surface area contributed by atoms with Crippen LogP contribution >= 0.6 is 19.0 Å². The average Bonchev–Trinajstić information content (AvgIpc) is 2.52. The lowest BCUT2D eigenvalue weighted by atomic mass is 10.1. The van der Waals surface area contributed by atoms with Gasteiger partial charge in [-0.1, -0.05) is 12.1 Å². The fourth-order valence-electron chi connectivity index (χ4n) is 1.15. The molecule has 0 radical (unpaired) electrons. The van der Waals surface area contributed by atoms with Crippen LogP contribution in [-0.4, -0.2) is 6.61 Å². The third-order valence-corrected chi connectivity index (χ3v) is 3.06. The monoisotopic (exact) mass is 220 g/mol. The summed E-state index contributed by atoms with van der Waals surface area (Å²) >= 11 is 5.62. The van der Waals surface area contributed by atoms with Crippen molar-refractivity contribution < 1.29 is 13.4 Å². The third-order valence-electron chi connectivity index (χ3n) is 1.76. The second kappa shape index (κ2) is 3.89. The van der Waals surface area contributed by atoms with E-state index < -0.39 is 7.73 Å². The fourth-order valence-corrected chi connectivity index (χ4v) is 2.30. The molecule has 0 aromatic heterocycles. The molecule has 1 saturated heterocycles. The largest absolute Gasteiger partial charge is 0.319 e. The fraction of sp³-hybridized carbons (Fsp3) is 0.250. The number of benzene rings is 1. The maximum Gasteiger partial charge on any atom is 0.277 e. The van der Waals surface area contributed by atoms with Gasteiger partial charge in [0.25, 0.3) is 7.73 Å². The van der Waals surface area contributed by atoms with Crippen LogP contribution < -0.4 is 0 Å². The summed E-state index contributed by atoms with van der Waals surface area (Å²) < 4.78 is 23.1. The molecule has 2 nitrogen and oxygen atoms in total. The van der Waals surface area contributed by atoms with Gasteiger partial charge in [-0.3, -0.25) is 0 Å². The Morgan fingerprint density at radius 1 is 1.54 bits per heavy atom. The van der Waals surface area contributed by atoms with E-state index in [9.17, 15) is 4.39 Å². The van der Waals surface area contributed by atoms with Crippen LogP contribution in [0.3, 0.4) is 0 Å². The molecule has 1 fully saturated rings. The van der Waals surface area contributed by atoms with Gasteiger partial charge in [-0.15, -0.1) is 0 Å². The predicted octanol–water partition coefficient (Wildman–Crippen LogP) is 3.38. The molecule has 0 spiro atoms. The van der Waals surface area contributed by atoms with Crippen LogP contribution in [0.2, 0.25) is 0 Å². The molecule has 1 aliphatic heterocycles. The second-order valence-electron chi connectivity index (χ2n) is 2.66. The van der Waals surface area contributed by atoms with Crippen LogP contribution in [0.15, 0.2) is 24.3 Å². The van der Waals surface area contributed by atoms with Crippen LogP contribution in [0.4, 0.5) is 4.39 Å². The maximum absolute atomic E-state index is 12.8. The minimum atomic E-state index is -1.29. The molecule has 70 valence electrons. The van der Waals surface area contributed by atoms with Crippen molar-refractivity contribution in [2.75, 3.05) is 6.61 Å². The highest BCUT2D eigenvalue weighted by molar-refractivity contribution is 7.76. The summed E-state index contributed by atoms with van der Waals surface area (Å²) in [5.74, 6) is -0.271. The van der Waals surface area contributed by atoms with Gasteiger partial charge in [0, 0.05) is 0 Å². The van der Waals surface area contributed by atoms with Gasteiger partial charge in [0.05, 0.1) is 6.61 Å². The van der Waals surface area contributed by atoms with Gasteiger partial charge in [-0.05, 0) is 28.9 Å². The molecule has 2 unspecified atom stereocenters. The first kappa shape index (κ1) is 9.35. The van der Waals surface area contributed by atoms with Crippen molar-refractivity contribution in [2.45, 2.75) is 6.10 Å². The molecular formula is C8H7ClFO2P. The molecule has 1 aromatic carbocycles. The van der Waals surface area contributed by atoms with E-state index in [1.54, 1.807) is 12.1 Å². The summed E-state index contributed by atoms with van der Waals surface area (Å²) in [6.07, 6.45) is -0.223. The smallest absolute Gasteiger partial charge is 0.277 e. The topological polar surface area (TPSA) is 18.5 Å². The highest BCUT2D eigenvalue weighted by atomic mass is 35.7. The van der Waals surface area contributed by atoms with Crippen LogP contribution in [-0.2, 0) is 9.05 Å². The number of hydrogen-bond donors (Lipinski definition) is 0. The minimum absolute atomic E-state index is 0.223. The van der Waals surface area contributed by atoms with Crippen molar-refractivity contribution in [3.63, 3.8) is 0 Å². The van der Waals surface area contributed by atoms with E-state index in [1.807, 2.05) is 0 Å². The lowest BCUT2D eigenvalue weighted by Crippen LogP contribution is -1.99. The number of halogens is 2. The first-order valence-electron chi connectivity index (χ1n) is 3.77. The van der Waals surface area contributed by atoms with Crippen LogP contribution in [0.5, 0.6) is 0 Å². The average molecular weight is 221 g/mol. The Morgan fingerprint density at radius 3 is 3.00 bits per heavy atom. The first-order valence-corrected chi connectivity index (χ1v) is 5.85. The zero-order valence-electron chi connectivity index (χ0n) is 6.61. The lowest BCUT2D eigenvalue weighted by Gasteiger charge is -2.06. The molecule has 1 aliphatic rings. The molecule has 2 rings (SSSR count). The standard InChI is InChI=1S/C8H7ClFO2P/c9-13-11-5-8(12-13)6-2-1-3-7(10)4-6/h1-4,8H,5H2. The highest BCUT2D eigenvalue weighted by Gasteiger charge is 2.26. The Balaban J connectivity index is 2.16. The predicted molar refractivity (Wildman–Crippen MR) is 49.0 cm³/mol. The Kier molecular flexibility index (Phi) is 2.80. The van der Waals surface area contributed by atoms with Gasteiger partial charge in [0.2, 0.25) is 0 Å². The van der Waals surface area contributed by atoms with Gasteiger partial charge < -0.3 is 9.05 Å². The second-order valence-corrected chi connectivity index (χ2v) is 4.38. The van der Waals surface area contributed by atoms with Crippen LogP contribution in [0, 0.1) is 5.82 Å². The molecule has 1 aromatic rings. The third kappa shape index (κ3) is 2.18. The molecular weight excluding hydrogens is 214 g/mol.